The highest BCUT2D eigenvalue weighted by Gasteiger charge is 2.13. The fourth-order valence-corrected chi connectivity index (χ4v) is 2.57. The monoisotopic (exact) mass is 277 g/mol. The van der Waals surface area contributed by atoms with Crippen LogP contribution in [-0.4, -0.2) is 27.4 Å². The van der Waals surface area contributed by atoms with Gasteiger partial charge in [-0.15, -0.1) is 0 Å². The Balaban J connectivity index is 2.04. The zero-order valence-corrected chi connectivity index (χ0v) is 10.6. The van der Waals surface area contributed by atoms with Crippen molar-refractivity contribution in [2.75, 3.05) is 7.11 Å². The standard InChI is InChI=1S/C12H8FN3O2S/c1-18-11(17)10-6-16-5-9(15-12(16)19-10)7-2-8(13)4-14-3-7/h2-6H,1H3. The molecule has 0 aromatic carbocycles. The number of carbonyl (C=O) groups is 1. The third-order valence-corrected chi connectivity index (χ3v) is 3.52. The Bertz CT molecular complexity index is 734. The highest BCUT2D eigenvalue weighted by atomic mass is 32.1. The molecule has 0 N–H and O–H groups in total. The van der Waals surface area contributed by atoms with Gasteiger partial charge in [-0.05, 0) is 6.07 Å². The fourth-order valence-electron chi connectivity index (χ4n) is 1.68. The molecule has 0 spiro atoms. The maximum absolute atomic E-state index is 13.1. The van der Waals surface area contributed by atoms with Gasteiger partial charge in [0.05, 0.1) is 19.0 Å². The maximum Gasteiger partial charge on any atom is 0.349 e. The highest BCUT2D eigenvalue weighted by Crippen LogP contribution is 2.24. The van der Waals surface area contributed by atoms with E-state index in [-0.39, 0.29) is 0 Å². The van der Waals surface area contributed by atoms with Gasteiger partial charge in [-0.3, -0.25) is 9.38 Å². The average molecular weight is 277 g/mol. The second kappa shape index (κ2) is 4.43. The number of hydrogen-bond donors (Lipinski definition) is 0. The number of aromatic nitrogens is 3. The van der Waals surface area contributed by atoms with Crippen LogP contribution < -0.4 is 0 Å². The van der Waals surface area contributed by atoms with Crippen LogP contribution in [-0.2, 0) is 4.74 Å². The summed E-state index contributed by atoms with van der Waals surface area (Å²) in [6.07, 6.45) is 6.03. The van der Waals surface area contributed by atoms with E-state index in [2.05, 4.69) is 14.7 Å². The van der Waals surface area contributed by atoms with Crippen LogP contribution in [0.15, 0.2) is 30.9 Å². The Labute approximate surface area is 111 Å². The number of ether oxygens (including phenoxy) is 1. The van der Waals surface area contributed by atoms with Gasteiger partial charge in [0.2, 0.25) is 0 Å². The number of nitrogens with zero attached hydrogens (tertiary/aromatic N) is 3. The summed E-state index contributed by atoms with van der Waals surface area (Å²) in [5.41, 5.74) is 1.20. The van der Waals surface area contributed by atoms with Crippen molar-refractivity contribution in [3.63, 3.8) is 0 Å². The summed E-state index contributed by atoms with van der Waals surface area (Å²) < 4.78 is 19.4. The smallest absolute Gasteiger partial charge is 0.349 e. The van der Waals surface area contributed by atoms with Crippen molar-refractivity contribution in [1.29, 1.82) is 0 Å². The quantitative estimate of drug-likeness (QED) is 0.675. The van der Waals surface area contributed by atoms with Gasteiger partial charge in [0, 0.05) is 24.2 Å². The fraction of sp³-hybridized carbons (Fsp3) is 0.0833. The Morgan fingerprint density at radius 3 is 2.95 bits per heavy atom. The van der Waals surface area contributed by atoms with E-state index in [4.69, 9.17) is 0 Å². The predicted octanol–water partition coefficient (Wildman–Crippen LogP) is 2.38. The summed E-state index contributed by atoms with van der Waals surface area (Å²) in [5, 5.41) is 0. The van der Waals surface area contributed by atoms with Crippen LogP contribution in [0.3, 0.4) is 0 Å². The summed E-state index contributed by atoms with van der Waals surface area (Å²) in [5.74, 6) is -0.812. The summed E-state index contributed by atoms with van der Waals surface area (Å²) in [4.78, 5) is 20.6. The Kier molecular flexibility index (Phi) is 2.75. The van der Waals surface area contributed by atoms with Crippen LogP contribution in [0.2, 0.25) is 0 Å². The van der Waals surface area contributed by atoms with Gasteiger partial charge in [0.1, 0.15) is 10.7 Å². The summed E-state index contributed by atoms with van der Waals surface area (Å²) >= 11 is 1.21. The molecule has 3 rings (SSSR count). The van der Waals surface area contributed by atoms with Crippen molar-refractivity contribution in [3.8, 4) is 11.3 Å². The van der Waals surface area contributed by atoms with Crippen LogP contribution in [0.25, 0.3) is 16.2 Å². The summed E-state index contributed by atoms with van der Waals surface area (Å²) in [6.45, 7) is 0. The molecule has 0 aliphatic rings. The molecule has 0 unspecified atom stereocenters. The van der Waals surface area contributed by atoms with E-state index in [1.54, 1.807) is 16.8 Å². The predicted molar refractivity (Wildman–Crippen MR) is 67.6 cm³/mol. The van der Waals surface area contributed by atoms with Crippen LogP contribution in [0.5, 0.6) is 0 Å². The third-order valence-electron chi connectivity index (χ3n) is 2.54. The lowest BCUT2D eigenvalue weighted by molar-refractivity contribution is 0.0606. The number of hydrogen-bond acceptors (Lipinski definition) is 5. The van der Waals surface area contributed by atoms with Gasteiger partial charge in [-0.1, -0.05) is 11.3 Å². The van der Waals surface area contributed by atoms with E-state index >= 15 is 0 Å². The van der Waals surface area contributed by atoms with Gasteiger partial charge in [0.15, 0.2) is 4.96 Å². The first-order valence-corrected chi connectivity index (χ1v) is 6.17. The molecular weight excluding hydrogens is 269 g/mol. The molecule has 3 aromatic rings. The number of rotatable bonds is 2. The van der Waals surface area contributed by atoms with E-state index in [9.17, 15) is 9.18 Å². The number of thiazole rings is 1. The number of esters is 1. The van der Waals surface area contributed by atoms with Gasteiger partial charge in [-0.2, -0.15) is 0 Å². The molecule has 0 aliphatic heterocycles. The van der Waals surface area contributed by atoms with Crippen molar-refractivity contribution in [2.24, 2.45) is 0 Å². The first-order valence-electron chi connectivity index (χ1n) is 5.35. The second-order valence-electron chi connectivity index (χ2n) is 3.79. The van der Waals surface area contributed by atoms with Gasteiger partial charge < -0.3 is 4.74 Å². The lowest BCUT2D eigenvalue weighted by atomic mass is 10.2. The number of methoxy groups -OCH3 is 1. The molecule has 19 heavy (non-hydrogen) atoms. The van der Waals surface area contributed by atoms with Gasteiger partial charge in [-0.25, -0.2) is 14.2 Å². The normalized spacial score (nSPS) is 10.8. The minimum atomic E-state index is -0.413. The number of imidazole rings is 1. The Morgan fingerprint density at radius 2 is 2.26 bits per heavy atom. The van der Waals surface area contributed by atoms with Crippen molar-refractivity contribution < 1.29 is 13.9 Å². The molecule has 96 valence electrons. The molecule has 0 saturated heterocycles. The molecule has 0 radical (unpaired) electrons. The van der Waals surface area contributed by atoms with E-state index in [1.807, 2.05) is 0 Å². The molecular formula is C12H8FN3O2S. The molecule has 3 heterocycles. The minimum absolute atomic E-state index is 0.399. The zero-order chi connectivity index (χ0) is 13.4. The second-order valence-corrected chi connectivity index (χ2v) is 4.80. The van der Waals surface area contributed by atoms with E-state index < -0.39 is 11.8 Å². The number of fused-ring (bicyclic) bond motifs is 1. The zero-order valence-electron chi connectivity index (χ0n) is 9.83. The van der Waals surface area contributed by atoms with E-state index in [0.717, 1.165) is 6.20 Å². The average Bonchev–Trinajstić information content (AvgIpc) is 2.95. The molecule has 7 heteroatoms. The number of carbonyl (C=O) groups excluding carboxylic acids is 1. The van der Waals surface area contributed by atoms with Crippen molar-refractivity contribution in [3.05, 3.63) is 41.5 Å². The van der Waals surface area contributed by atoms with Gasteiger partial charge >= 0.3 is 5.97 Å². The molecule has 3 aromatic heterocycles. The highest BCUT2D eigenvalue weighted by molar-refractivity contribution is 7.18. The Morgan fingerprint density at radius 1 is 1.42 bits per heavy atom. The summed E-state index contributed by atoms with van der Waals surface area (Å²) in [6, 6.07) is 1.36. The minimum Gasteiger partial charge on any atom is -0.465 e. The lowest BCUT2D eigenvalue weighted by Gasteiger charge is -1.94. The van der Waals surface area contributed by atoms with E-state index in [0.29, 0.717) is 21.1 Å². The molecule has 0 saturated carbocycles. The molecule has 0 atom stereocenters. The topological polar surface area (TPSA) is 56.5 Å². The van der Waals surface area contributed by atoms with Crippen molar-refractivity contribution >= 4 is 22.3 Å². The molecule has 0 amide bonds. The Hall–Kier alpha value is -2.28. The van der Waals surface area contributed by atoms with Crippen molar-refractivity contribution in [2.45, 2.75) is 0 Å². The molecule has 0 aliphatic carbocycles. The maximum atomic E-state index is 13.1. The molecule has 5 nitrogen and oxygen atoms in total. The number of pyridine rings is 1. The van der Waals surface area contributed by atoms with Gasteiger partial charge in [0.25, 0.3) is 0 Å². The first kappa shape index (κ1) is 11.8. The molecule has 0 bridgehead atoms. The van der Waals surface area contributed by atoms with Crippen LogP contribution in [0, 0.1) is 5.82 Å². The largest absolute Gasteiger partial charge is 0.465 e. The van der Waals surface area contributed by atoms with Crippen LogP contribution in [0.4, 0.5) is 4.39 Å². The van der Waals surface area contributed by atoms with Crippen molar-refractivity contribution in [1.82, 2.24) is 14.4 Å². The van der Waals surface area contributed by atoms with Crippen LogP contribution in [0.1, 0.15) is 9.67 Å². The number of halogens is 1. The third kappa shape index (κ3) is 2.08. The van der Waals surface area contributed by atoms with E-state index in [1.165, 1.54) is 30.7 Å². The summed E-state index contributed by atoms with van der Waals surface area (Å²) in [7, 11) is 1.33. The lowest BCUT2D eigenvalue weighted by Crippen LogP contribution is -1.97. The van der Waals surface area contributed by atoms with Crippen LogP contribution >= 0.6 is 11.3 Å². The first-order chi connectivity index (χ1) is 9.17. The molecule has 0 fully saturated rings. The SMILES string of the molecule is COC(=O)c1cn2cc(-c3cncc(F)c3)nc2s1.